The van der Waals surface area contributed by atoms with Crippen LogP contribution in [0, 0.1) is 6.92 Å². The van der Waals surface area contributed by atoms with Gasteiger partial charge in [-0.1, -0.05) is 31.2 Å². The fourth-order valence-electron chi connectivity index (χ4n) is 3.13. The average molecular weight is 350 g/mol. The van der Waals surface area contributed by atoms with Crippen molar-refractivity contribution >= 4 is 27.3 Å². The molecular formula is C17H20BrNS. The Morgan fingerprint density at radius 3 is 2.85 bits per heavy atom. The first-order valence-corrected chi connectivity index (χ1v) is 8.88. The number of thiophene rings is 1. The van der Waals surface area contributed by atoms with Crippen molar-refractivity contribution in [1.82, 2.24) is 5.32 Å². The van der Waals surface area contributed by atoms with E-state index >= 15 is 0 Å². The van der Waals surface area contributed by atoms with Crippen LogP contribution in [0.4, 0.5) is 0 Å². The van der Waals surface area contributed by atoms with Gasteiger partial charge >= 0.3 is 0 Å². The number of fused-ring (bicyclic) bond motifs is 1. The van der Waals surface area contributed by atoms with Crippen molar-refractivity contribution in [2.75, 3.05) is 6.54 Å². The van der Waals surface area contributed by atoms with Gasteiger partial charge in [-0.3, -0.25) is 0 Å². The van der Waals surface area contributed by atoms with E-state index in [2.05, 4.69) is 65.4 Å². The van der Waals surface area contributed by atoms with Gasteiger partial charge in [-0.05, 0) is 65.0 Å². The van der Waals surface area contributed by atoms with Crippen LogP contribution >= 0.6 is 27.3 Å². The predicted octanol–water partition coefficient (Wildman–Crippen LogP) is 5.20. The first-order chi connectivity index (χ1) is 9.70. The van der Waals surface area contributed by atoms with Crippen LogP contribution in [-0.2, 0) is 6.42 Å². The van der Waals surface area contributed by atoms with E-state index in [1.54, 1.807) is 0 Å². The monoisotopic (exact) mass is 349 g/mol. The van der Waals surface area contributed by atoms with Crippen molar-refractivity contribution in [3.8, 4) is 0 Å². The van der Waals surface area contributed by atoms with E-state index in [-0.39, 0.29) is 0 Å². The summed E-state index contributed by atoms with van der Waals surface area (Å²) >= 11 is 5.47. The molecule has 0 aliphatic heterocycles. The summed E-state index contributed by atoms with van der Waals surface area (Å²) in [6, 6.07) is 11.6. The first kappa shape index (κ1) is 14.3. The summed E-state index contributed by atoms with van der Waals surface area (Å²) in [5, 5.41) is 3.77. The molecule has 0 radical (unpaired) electrons. The molecule has 2 atom stereocenters. The Morgan fingerprint density at radius 2 is 2.20 bits per heavy atom. The minimum absolute atomic E-state index is 0.451. The van der Waals surface area contributed by atoms with E-state index in [9.17, 15) is 0 Å². The van der Waals surface area contributed by atoms with Crippen molar-refractivity contribution < 1.29 is 0 Å². The van der Waals surface area contributed by atoms with E-state index < -0.39 is 0 Å². The summed E-state index contributed by atoms with van der Waals surface area (Å²) in [7, 11) is 0. The molecule has 0 fully saturated rings. The number of benzene rings is 1. The smallest absolute Gasteiger partial charge is 0.0704 e. The largest absolute Gasteiger partial charge is 0.309 e. The zero-order valence-corrected chi connectivity index (χ0v) is 14.4. The van der Waals surface area contributed by atoms with Gasteiger partial charge in [0, 0.05) is 16.8 Å². The van der Waals surface area contributed by atoms with Crippen LogP contribution in [0.3, 0.4) is 0 Å². The molecule has 0 saturated carbocycles. The van der Waals surface area contributed by atoms with Crippen LogP contribution in [0.5, 0.6) is 0 Å². The van der Waals surface area contributed by atoms with E-state index in [0.717, 1.165) is 6.54 Å². The Kier molecular flexibility index (Phi) is 4.29. The molecule has 1 aromatic carbocycles. The van der Waals surface area contributed by atoms with Crippen LogP contribution < -0.4 is 5.32 Å². The molecule has 2 unspecified atom stereocenters. The Hall–Kier alpha value is -0.640. The first-order valence-electron chi connectivity index (χ1n) is 7.27. The third-order valence-electron chi connectivity index (χ3n) is 4.17. The second-order valence-electron chi connectivity index (χ2n) is 5.50. The molecule has 1 aliphatic carbocycles. The van der Waals surface area contributed by atoms with E-state index in [1.807, 2.05) is 11.3 Å². The highest BCUT2D eigenvalue weighted by Crippen LogP contribution is 2.45. The van der Waals surface area contributed by atoms with Gasteiger partial charge in [0.2, 0.25) is 0 Å². The van der Waals surface area contributed by atoms with Crippen molar-refractivity contribution in [2.24, 2.45) is 0 Å². The fourth-order valence-corrected chi connectivity index (χ4v) is 4.89. The molecular weight excluding hydrogens is 330 g/mol. The number of halogens is 1. The molecule has 0 bridgehead atoms. The molecule has 1 aromatic heterocycles. The number of aryl methyl sites for hydroxylation is 1. The normalized spacial score (nSPS) is 18.4. The number of nitrogens with one attached hydrogen (secondary N) is 1. The molecule has 1 heterocycles. The van der Waals surface area contributed by atoms with E-state index in [4.69, 9.17) is 0 Å². The highest BCUT2D eigenvalue weighted by Gasteiger charge is 2.34. The third kappa shape index (κ3) is 2.59. The minimum atomic E-state index is 0.451. The van der Waals surface area contributed by atoms with Gasteiger partial charge in [-0.2, -0.15) is 0 Å². The lowest BCUT2D eigenvalue weighted by molar-refractivity contribution is 0.411. The topological polar surface area (TPSA) is 12.0 Å². The van der Waals surface area contributed by atoms with Gasteiger partial charge in [0.15, 0.2) is 0 Å². The van der Waals surface area contributed by atoms with E-state index in [0.29, 0.717) is 12.0 Å². The van der Waals surface area contributed by atoms with Gasteiger partial charge in [0.1, 0.15) is 0 Å². The Labute approximate surface area is 133 Å². The van der Waals surface area contributed by atoms with Crippen molar-refractivity contribution in [1.29, 1.82) is 0 Å². The van der Waals surface area contributed by atoms with Crippen LogP contribution in [0.25, 0.3) is 0 Å². The lowest BCUT2D eigenvalue weighted by Crippen LogP contribution is -2.33. The highest BCUT2D eigenvalue weighted by atomic mass is 79.9. The quantitative estimate of drug-likeness (QED) is 0.782. The molecule has 3 rings (SSSR count). The summed E-state index contributed by atoms with van der Waals surface area (Å²) < 4.78 is 1.24. The maximum Gasteiger partial charge on any atom is 0.0704 e. The number of rotatable bonds is 5. The summed E-state index contributed by atoms with van der Waals surface area (Å²) in [4.78, 5) is 1.43. The second-order valence-corrected chi connectivity index (χ2v) is 8.14. The summed E-state index contributed by atoms with van der Waals surface area (Å²) in [6.07, 6.45) is 2.37. The second kappa shape index (κ2) is 6.00. The van der Waals surface area contributed by atoms with Crippen molar-refractivity contribution in [2.45, 2.75) is 38.6 Å². The van der Waals surface area contributed by atoms with Crippen LogP contribution in [-0.4, -0.2) is 6.54 Å². The highest BCUT2D eigenvalue weighted by molar-refractivity contribution is 9.11. The van der Waals surface area contributed by atoms with Crippen LogP contribution in [0.1, 0.15) is 46.9 Å². The molecule has 2 aromatic rings. The maximum atomic E-state index is 3.77. The lowest BCUT2D eigenvalue weighted by Gasteiger charge is -2.37. The third-order valence-corrected chi connectivity index (χ3v) is 5.74. The predicted molar refractivity (Wildman–Crippen MR) is 90.7 cm³/mol. The molecule has 1 nitrogen and oxygen atoms in total. The molecule has 20 heavy (non-hydrogen) atoms. The summed E-state index contributed by atoms with van der Waals surface area (Å²) in [5.74, 6) is 0.623. The number of hydrogen-bond acceptors (Lipinski definition) is 2. The SMILES string of the molecule is CCCNC(c1cc(Br)sc1C)C1Cc2ccccc21. The van der Waals surface area contributed by atoms with Gasteiger partial charge in [-0.15, -0.1) is 11.3 Å². The van der Waals surface area contributed by atoms with Gasteiger partial charge in [0.25, 0.3) is 0 Å². The average Bonchev–Trinajstić information content (AvgIpc) is 2.74. The number of hydrogen-bond donors (Lipinski definition) is 1. The van der Waals surface area contributed by atoms with Gasteiger partial charge in [0.05, 0.1) is 3.79 Å². The zero-order chi connectivity index (χ0) is 14.1. The molecule has 1 N–H and O–H groups in total. The molecule has 0 saturated heterocycles. The van der Waals surface area contributed by atoms with Gasteiger partial charge in [-0.25, -0.2) is 0 Å². The Morgan fingerprint density at radius 1 is 1.40 bits per heavy atom. The van der Waals surface area contributed by atoms with E-state index in [1.165, 1.54) is 38.2 Å². The summed E-state index contributed by atoms with van der Waals surface area (Å²) in [6.45, 7) is 5.54. The lowest BCUT2D eigenvalue weighted by atomic mass is 9.72. The zero-order valence-electron chi connectivity index (χ0n) is 11.9. The standard InChI is InChI=1S/C17H20BrNS/c1-3-8-19-17(14-10-16(18)20-11(14)2)15-9-12-6-4-5-7-13(12)15/h4-7,10,15,17,19H,3,8-9H2,1-2H3. The van der Waals surface area contributed by atoms with Crippen molar-refractivity contribution in [3.05, 3.63) is 55.7 Å². The summed E-state index contributed by atoms with van der Waals surface area (Å²) in [5.41, 5.74) is 4.52. The van der Waals surface area contributed by atoms with Crippen molar-refractivity contribution in [3.63, 3.8) is 0 Å². The van der Waals surface area contributed by atoms with Crippen LogP contribution in [0.2, 0.25) is 0 Å². The molecule has 3 heteroatoms. The molecule has 0 spiro atoms. The maximum absolute atomic E-state index is 3.77. The Balaban J connectivity index is 1.90. The molecule has 1 aliphatic rings. The minimum Gasteiger partial charge on any atom is -0.309 e. The fraction of sp³-hybridized carbons (Fsp3) is 0.412. The Bertz CT molecular complexity index is 605. The molecule has 106 valence electrons. The van der Waals surface area contributed by atoms with Gasteiger partial charge < -0.3 is 5.32 Å². The van der Waals surface area contributed by atoms with Crippen LogP contribution in [0.15, 0.2) is 34.1 Å². The molecule has 0 amide bonds.